The van der Waals surface area contributed by atoms with Gasteiger partial charge in [0.2, 0.25) is 0 Å². The van der Waals surface area contributed by atoms with E-state index in [4.69, 9.17) is 0 Å². The van der Waals surface area contributed by atoms with Gasteiger partial charge < -0.3 is 0 Å². The van der Waals surface area contributed by atoms with Gasteiger partial charge in [0.25, 0.3) is 0 Å². The molecule has 3 heteroatoms. The maximum atomic E-state index is 12.9. The maximum Gasteiger partial charge on any atom is 0.182 e. The normalized spacial score (nSPS) is 16.5. The monoisotopic (exact) mass is 282 g/mol. The molecule has 21 heavy (non-hydrogen) atoms. The number of hydrogen-bond acceptors (Lipinski definition) is 3. The molecule has 3 nitrogen and oxygen atoms in total. The van der Waals surface area contributed by atoms with Crippen LogP contribution in [0.4, 0.5) is 0 Å². The van der Waals surface area contributed by atoms with Crippen LogP contribution in [-0.4, -0.2) is 34.3 Å². The molecule has 1 aromatic heterocycles. The smallest absolute Gasteiger partial charge is 0.182 e. The third-order valence-electron chi connectivity index (χ3n) is 4.54. The Morgan fingerprint density at radius 2 is 1.86 bits per heavy atom. The third kappa shape index (κ3) is 2.58. The zero-order chi connectivity index (χ0) is 15.0. The summed E-state index contributed by atoms with van der Waals surface area (Å²) in [5.74, 6) is 0.201. The molecule has 0 saturated carbocycles. The van der Waals surface area contributed by atoms with E-state index in [9.17, 15) is 4.79 Å². The molecule has 0 aliphatic carbocycles. The van der Waals surface area contributed by atoms with Crippen molar-refractivity contribution in [1.29, 1.82) is 0 Å². The Hall–Kier alpha value is -1.74. The molecule has 0 spiro atoms. The molecule has 1 fully saturated rings. The predicted molar refractivity (Wildman–Crippen MR) is 85.7 cm³/mol. The Morgan fingerprint density at radius 1 is 1.14 bits per heavy atom. The summed E-state index contributed by atoms with van der Waals surface area (Å²) in [7, 11) is 0. The molecule has 2 aromatic rings. The molecule has 3 rings (SSSR count). The quantitative estimate of drug-likeness (QED) is 0.806. The van der Waals surface area contributed by atoms with Crippen LogP contribution in [0.1, 0.15) is 42.7 Å². The number of rotatable bonds is 3. The van der Waals surface area contributed by atoms with Gasteiger partial charge in [-0.05, 0) is 71.0 Å². The van der Waals surface area contributed by atoms with Crippen molar-refractivity contribution in [2.75, 3.05) is 13.1 Å². The van der Waals surface area contributed by atoms with E-state index in [-0.39, 0.29) is 5.78 Å². The van der Waals surface area contributed by atoms with Gasteiger partial charge in [0, 0.05) is 16.6 Å². The second-order valence-electron chi connectivity index (χ2n) is 6.44. The molecule has 0 amide bonds. The number of benzene rings is 1. The standard InChI is InChI=1S/C18H22N2O/c1-13-6-7-14-12-15(8-9-16(14)19-13)17(21)18(2,3)20-10-4-5-11-20/h6-9,12H,4-5,10-11H2,1-3H3. The summed E-state index contributed by atoms with van der Waals surface area (Å²) in [6.07, 6.45) is 2.38. The molecular weight excluding hydrogens is 260 g/mol. The average molecular weight is 282 g/mol. The van der Waals surface area contributed by atoms with Crippen molar-refractivity contribution in [3.63, 3.8) is 0 Å². The number of hydrogen-bond donors (Lipinski definition) is 0. The summed E-state index contributed by atoms with van der Waals surface area (Å²) >= 11 is 0. The molecule has 0 radical (unpaired) electrons. The zero-order valence-electron chi connectivity index (χ0n) is 13.0. The number of carbonyl (C=O) groups is 1. The van der Waals surface area contributed by atoms with E-state index in [2.05, 4.69) is 9.88 Å². The van der Waals surface area contributed by atoms with Gasteiger partial charge in [-0.2, -0.15) is 0 Å². The van der Waals surface area contributed by atoms with Gasteiger partial charge in [0.05, 0.1) is 11.1 Å². The Bertz CT molecular complexity index is 685. The number of fused-ring (bicyclic) bond motifs is 1. The fourth-order valence-electron chi connectivity index (χ4n) is 3.14. The predicted octanol–water partition coefficient (Wildman–Crippen LogP) is 3.60. The van der Waals surface area contributed by atoms with E-state index in [1.807, 2.05) is 51.1 Å². The Labute approximate surface area is 126 Å². The second kappa shape index (κ2) is 5.23. The van der Waals surface area contributed by atoms with Crippen molar-refractivity contribution in [2.45, 2.75) is 39.2 Å². The van der Waals surface area contributed by atoms with Gasteiger partial charge in [-0.1, -0.05) is 6.07 Å². The highest BCUT2D eigenvalue weighted by Gasteiger charge is 2.36. The lowest BCUT2D eigenvalue weighted by molar-refractivity contribution is 0.0703. The van der Waals surface area contributed by atoms with Crippen LogP contribution in [0.25, 0.3) is 10.9 Å². The molecule has 110 valence electrons. The molecule has 1 aliphatic heterocycles. The summed E-state index contributed by atoms with van der Waals surface area (Å²) in [5, 5.41) is 1.03. The van der Waals surface area contributed by atoms with E-state index < -0.39 is 5.54 Å². The lowest BCUT2D eigenvalue weighted by Gasteiger charge is -2.34. The van der Waals surface area contributed by atoms with Crippen LogP contribution in [-0.2, 0) is 0 Å². The van der Waals surface area contributed by atoms with E-state index >= 15 is 0 Å². The van der Waals surface area contributed by atoms with Crippen LogP contribution in [0, 0.1) is 6.92 Å². The number of Topliss-reactive ketones (excluding diaryl/α,β-unsaturated/α-hetero) is 1. The van der Waals surface area contributed by atoms with Gasteiger partial charge in [0.1, 0.15) is 0 Å². The van der Waals surface area contributed by atoms with Crippen molar-refractivity contribution >= 4 is 16.7 Å². The van der Waals surface area contributed by atoms with Gasteiger partial charge >= 0.3 is 0 Å². The minimum Gasteiger partial charge on any atom is -0.292 e. The SMILES string of the molecule is Cc1ccc2cc(C(=O)C(C)(C)N3CCCC3)ccc2n1. The highest BCUT2D eigenvalue weighted by Crippen LogP contribution is 2.26. The maximum absolute atomic E-state index is 12.9. The molecule has 0 atom stereocenters. The Morgan fingerprint density at radius 3 is 2.57 bits per heavy atom. The first kappa shape index (κ1) is 14.2. The number of ketones is 1. The van der Waals surface area contributed by atoms with Crippen molar-refractivity contribution in [2.24, 2.45) is 0 Å². The second-order valence-corrected chi connectivity index (χ2v) is 6.44. The van der Waals surface area contributed by atoms with Crippen LogP contribution in [0.3, 0.4) is 0 Å². The van der Waals surface area contributed by atoms with Crippen molar-refractivity contribution < 1.29 is 4.79 Å². The fraction of sp³-hybridized carbons (Fsp3) is 0.444. The third-order valence-corrected chi connectivity index (χ3v) is 4.54. The number of aryl methyl sites for hydroxylation is 1. The van der Waals surface area contributed by atoms with Gasteiger partial charge in [0.15, 0.2) is 5.78 Å². The summed E-state index contributed by atoms with van der Waals surface area (Å²) < 4.78 is 0. The minimum atomic E-state index is -0.428. The van der Waals surface area contributed by atoms with Gasteiger partial charge in [-0.25, -0.2) is 0 Å². The Balaban J connectivity index is 1.95. The zero-order valence-corrected chi connectivity index (χ0v) is 13.0. The summed E-state index contributed by atoms with van der Waals surface area (Å²) in [4.78, 5) is 19.7. The van der Waals surface area contributed by atoms with Crippen LogP contribution in [0.2, 0.25) is 0 Å². The van der Waals surface area contributed by atoms with Gasteiger partial charge in [-0.15, -0.1) is 0 Å². The highest BCUT2D eigenvalue weighted by atomic mass is 16.1. The molecule has 0 bridgehead atoms. The van der Waals surface area contributed by atoms with E-state index in [1.54, 1.807) is 0 Å². The molecule has 2 heterocycles. The van der Waals surface area contributed by atoms with Crippen LogP contribution in [0.15, 0.2) is 30.3 Å². The van der Waals surface area contributed by atoms with Crippen LogP contribution >= 0.6 is 0 Å². The lowest BCUT2D eigenvalue weighted by atomic mass is 9.91. The number of carbonyl (C=O) groups excluding carboxylic acids is 1. The molecule has 0 unspecified atom stereocenters. The molecule has 1 aliphatic rings. The fourth-order valence-corrected chi connectivity index (χ4v) is 3.14. The molecule has 1 saturated heterocycles. The summed E-state index contributed by atoms with van der Waals surface area (Å²) in [6, 6.07) is 9.87. The van der Waals surface area contributed by atoms with Gasteiger partial charge in [-0.3, -0.25) is 14.7 Å². The summed E-state index contributed by atoms with van der Waals surface area (Å²) in [5.41, 5.74) is 2.30. The van der Waals surface area contributed by atoms with E-state index in [0.29, 0.717) is 0 Å². The molecular formula is C18H22N2O. The average Bonchev–Trinajstić information content (AvgIpc) is 3.01. The Kier molecular flexibility index (Phi) is 3.54. The number of likely N-dealkylation sites (tertiary alicyclic amines) is 1. The number of aromatic nitrogens is 1. The topological polar surface area (TPSA) is 33.2 Å². The first-order chi connectivity index (χ1) is 9.98. The first-order valence-electron chi connectivity index (χ1n) is 7.66. The number of nitrogens with zero attached hydrogens (tertiary/aromatic N) is 2. The highest BCUT2D eigenvalue weighted by molar-refractivity contribution is 6.04. The van der Waals surface area contributed by atoms with Crippen LogP contribution in [0.5, 0.6) is 0 Å². The summed E-state index contributed by atoms with van der Waals surface area (Å²) in [6.45, 7) is 8.10. The van der Waals surface area contributed by atoms with Crippen LogP contribution < -0.4 is 0 Å². The van der Waals surface area contributed by atoms with Crippen molar-refractivity contribution in [1.82, 2.24) is 9.88 Å². The van der Waals surface area contributed by atoms with Crippen molar-refractivity contribution in [3.05, 3.63) is 41.6 Å². The minimum absolute atomic E-state index is 0.201. The molecule has 1 aromatic carbocycles. The first-order valence-corrected chi connectivity index (χ1v) is 7.66. The van der Waals surface area contributed by atoms with E-state index in [1.165, 1.54) is 12.8 Å². The molecule has 0 N–H and O–H groups in total. The van der Waals surface area contributed by atoms with Crippen molar-refractivity contribution in [3.8, 4) is 0 Å². The number of pyridine rings is 1. The largest absolute Gasteiger partial charge is 0.292 e. The van der Waals surface area contributed by atoms with E-state index in [0.717, 1.165) is 35.2 Å². The lowest BCUT2D eigenvalue weighted by Crippen LogP contribution is -2.48.